The zero-order valence-corrected chi connectivity index (χ0v) is 15.7. The van der Waals surface area contributed by atoms with E-state index in [0.717, 1.165) is 36.3 Å². The molecule has 0 unspecified atom stereocenters. The number of rotatable bonds is 7. The number of nitriles is 1. The SMILES string of the molecule is N#CCC1(COc2c(F)cc(-c3cccnc3SC3CCC3)cc2F)CC1. The summed E-state index contributed by atoms with van der Waals surface area (Å²) in [5, 5.41) is 10.2. The number of hydrogen-bond acceptors (Lipinski definition) is 4. The highest BCUT2D eigenvalue weighted by Crippen LogP contribution is 2.49. The minimum Gasteiger partial charge on any atom is -0.487 e. The van der Waals surface area contributed by atoms with Gasteiger partial charge in [0, 0.05) is 28.8 Å². The van der Waals surface area contributed by atoms with Gasteiger partial charge in [0.1, 0.15) is 5.03 Å². The highest BCUT2D eigenvalue weighted by Gasteiger charge is 2.43. The summed E-state index contributed by atoms with van der Waals surface area (Å²) in [4.78, 5) is 4.41. The highest BCUT2D eigenvalue weighted by atomic mass is 32.2. The number of thioether (sulfide) groups is 1. The molecule has 0 N–H and O–H groups in total. The van der Waals surface area contributed by atoms with E-state index in [0.29, 0.717) is 17.2 Å². The molecule has 1 aromatic heterocycles. The fourth-order valence-electron chi connectivity index (χ4n) is 3.15. The van der Waals surface area contributed by atoms with Crippen LogP contribution in [-0.2, 0) is 0 Å². The van der Waals surface area contributed by atoms with Crippen LogP contribution in [0.25, 0.3) is 11.1 Å². The third kappa shape index (κ3) is 3.93. The van der Waals surface area contributed by atoms with Crippen molar-refractivity contribution >= 4 is 11.8 Å². The fraction of sp³-hybridized carbons (Fsp3) is 0.429. The van der Waals surface area contributed by atoms with Crippen LogP contribution in [0.5, 0.6) is 5.75 Å². The molecule has 1 heterocycles. The van der Waals surface area contributed by atoms with E-state index in [1.807, 2.05) is 6.07 Å². The Hall–Kier alpha value is -2.13. The van der Waals surface area contributed by atoms with E-state index in [-0.39, 0.29) is 17.8 Å². The normalized spacial score (nSPS) is 17.8. The fourth-order valence-corrected chi connectivity index (χ4v) is 4.47. The van der Waals surface area contributed by atoms with Crippen molar-refractivity contribution in [2.45, 2.75) is 48.8 Å². The smallest absolute Gasteiger partial charge is 0.190 e. The van der Waals surface area contributed by atoms with Gasteiger partial charge in [-0.3, -0.25) is 0 Å². The van der Waals surface area contributed by atoms with Gasteiger partial charge in [-0.15, -0.1) is 11.8 Å². The number of halogens is 2. The molecule has 140 valence electrons. The van der Waals surface area contributed by atoms with E-state index in [2.05, 4.69) is 11.1 Å². The molecule has 0 bridgehead atoms. The summed E-state index contributed by atoms with van der Waals surface area (Å²) in [7, 11) is 0. The lowest BCUT2D eigenvalue weighted by Gasteiger charge is -2.25. The van der Waals surface area contributed by atoms with Gasteiger partial charge in [-0.25, -0.2) is 13.8 Å². The predicted molar refractivity (Wildman–Crippen MR) is 100 cm³/mol. The van der Waals surface area contributed by atoms with Gasteiger partial charge in [-0.1, -0.05) is 12.5 Å². The van der Waals surface area contributed by atoms with E-state index >= 15 is 0 Å². The summed E-state index contributed by atoms with van der Waals surface area (Å²) < 4.78 is 34.6. The first-order chi connectivity index (χ1) is 13.1. The minimum atomic E-state index is -0.721. The molecule has 2 aromatic rings. The molecule has 2 aliphatic carbocycles. The van der Waals surface area contributed by atoms with Crippen molar-refractivity contribution in [2.75, 3.05) is 6.61 Å². The molecule has 2 aliphatic rings. The molecular formula is C21H20F2N2OS. The molecule has 2 saturated carbocycles. The Morgan fingerprint density at radius 3 is 2.59 bits per heavy atom. The lowest BCUT2D eigenvalue weighted by Crippen LogP contribution is -2.14. The van der Waals surface area contributed by atoms with Gasteiger partial charge in [0.2, 0.25) is 0 Å². The van der Waals surface area contributed by atoms with Crippen LogP contribution in [0.1, 0.15) is 38.5 Å². The van der Waals surface area contributed by atoms with Crippen molar-refractivity contribution in [3.63, 3.8) is 0 Å². The van der Waals surface area contributed by atoms with Crippen LogP contribution in [0.2, 0.25) is 0 Å². The number of nitrogens with zero attached hydrogens (tertiary/aromatic N) is 2. The van der Waals surface area contributed by atoms with E-state index < -0.39 is 11.6 Å². The quantitative estimate of drug-likeness (QED) is 0.608. The van der Waals surface area contributed by atoms with Crippen LogP contribution in [0, 0.1) is 28.4 Å². The van der Waals surface area contributed by atoms with E-state index in [1.165, 1.54) is 18.6 Å². The van der Waals surface area contributed by atoms with Gasteiger partial charge >= 0.3 is 0 Å². The molecule has 4 rings (SSSR count). The van der Waals surface area contributed by atoms with E-state index in [4.69, 9.17) is 10.00 Å². The van der Waals surface area contributed by atoms with Gasteiger partial charge in [0.05, 0.1) is 12.7 Å². The highest BCUT2D eigenvalue weighted by molar-refractivity contribution is 8.00. The Morgan fingerprint density at radius 2 is 2.00 bits per heavy atom. The molecule has 0 spiro atoms. The van der Waals surface area contributed by atoms with Crippen molar-refractivity contribution in [3.8, 4) is 22.9 Å². The van der Waals surface area contributed by atoms with Crippen LogP contribution in [0.15, 0.2) is 35.5 Å². The lowest BCUT2D eigenvalue weighted by atomic mass is 10.00. The van der Waals surface area contributed by atoms with Crippen molar-refractivity contribution in [1.29, 1.82) is 5.26 Å². The number of ether oxygens (including phenoxy) is 1. The van der Waals surface area contributed by atoms with Crippen LogP contribution in [0.3, 0.4) is 0 Å². The standard InChI is InChI=1S/C21H20F2N2OS/c22-17-11-14(16-5-2-10-25-20(16)27-15-3-1-4-15)12-18(23)19(17)26-13-21(6-7-21)8-9-24/h2,5,10-12,15H,1,3-4,6-8,13H2. The Kier molecular flexibility index (Phi) is 5.05. The van der Waals surface area contributed by atoms with Crippen molar-refractivity contribution in [3.05, 3.63) is 42.1 Å². The van der Waals surface area contributed by atoms with Crippen LogP contribution in [-0.4, -0.2) is 16.8 Å². The third-order valence-corrected chi connectivity index (χ3v) is 6.70. The number of aromatic nitrogens is 1. The molecule has 0 atom stereocenters. The second kappa shape index (κ2) is 7.47. The number of pyridine rings is 1. The molecule has 0 amide bonds. The summed E-state index contributed by atoms with van der Waals surface area (Å²) in [5.74, 6) is -1.80. The first-order valence-electron chi connectivity index (χ1n) is 9.21. The van der Waals surface area contributed by atoms with E-state index in [9.17, 15) is 8.78 Å². The number of hydrogen-bond donors (Lipinski definition) is 0. The monoisotopic (exact) mass is 386 g/mol. The van der Waals surface area contributed by atoms with Gasteiger partial charge in [-0.2, -0.15) is 5.26 Å². The molecule has 2 fully saturated rings. The molecular weight excluding hydrogens is 366 g/mol. The Labute approximate surface area is 161 Å². The Bertz CT molecular complexity index is 865. The van der Waals surface area contributed by atoms with Gasteiger partial charge in [0.25, 0.3) is 0 Å². The third-order valence-electron chi connectivity index (χ3n) is 5.34. The average Bonchev–Trinajstić information content (AvgIpc) is 3.38. The van der Waals surface area contributed by atoms with Gasteiger partial charge in [0.15, 0.2) is 17.4 Å². The van der Waals surface area contributed by atoms with Crippen LogP contribution < -0.4 is 4.74 Å². The first kappa shape index (κ1) is 18.2. The Morgan fingerprint density at radius 1 is 1.26 bits per heavy atom. The molecule has 0 radical (unpaired) electrons. The first-order valence-corrected chi connectivity index (χ1v) is 10.1. The molecule has 0 saturated heterocycles. The van der Waals surface area contributed by atoms with Gasteiger partial charge in [-0.05, 0) is 49.4 Å². The summed E-state index contributed by atoms with van der Waals surface area (Å²) in [5.41, 5.74) is 0.967. The van der Waals surface area contributed by atoms with Crippen molar-refractivity contribution in [1.82, 2.24) is 4.98 Å². The number of benzene rings is 1. The maximum absolute atomic E-state index is 14.6. The molecule has 1 aromatic carbocycles. The second-order valence-electron chi connectivity index (χ2n) is 7.42. The maximum atomic E-state index is 14.6. The van der Waals surface area contributed by atoms with E-state index in [1.54, 1.807) is 24.0 Å². The summed E-state index contributed by atoms with van der Waals surface area (Å²) in [6.07, 6.45) is 7.31. The Balaban J connectivity index is 1.56. The average molecular weight is 386 g/mol. The maximum Gasteiger partial charge on any atom is 0.190 e. The summed E-state index contributed by atoms with van der Waals surface area (Å²) in [6, 6.07) is 8.36. The molecule has 3 nitrogen and oxygen atoms in total. The molecule has 27 heavy (non-hydrogen) atoms. The molecule has 6 heteroatoms. The zero-order valence-electron chi connectivity index (χ0n) is 14.9. The lowest BCUT2D eigenvalue weighted by molar-refractivity contribution is 0.218. The topological polar surface area (TPSA) is 45.9 Å². The molecule has 0 aliphatic heterocycles. The largest absolute Gasteiger partial charge is 0.487 e. The second-order valence-corrected chi connectivity index (χ2v) is 8.71. The summed E-state index contributed by atoms with van der Waals surface area (Å²) >= 11 is 1.68. The van der Waals surface area contributed by atoms with Crippen molar-refractivity contribution in [2.24, 2.45) is 5.41 Å². The van der Waals surface area contributed by atoms with Crippen LogP contribution in [0.4, 0.5) is 8.78 Å². The minimum absolute atomic E-state index is 0.170. The zero-order chi connectivity index (χ0) is 18.9. The predicted octanol–water partition coefficient (Wildman–Crippen LogP) is 5.74. The van der Waals surface area contributed by atoms with Crippen LogP contribution >= 0.6 is 11.8 Å². The van der Waals surface area contributed by atoms with Crippen molar-refractivity contribution < 1.29 is 13.5 Å². The summed E-state index contributed by atoms with van der Waals surface area (Å²) in [6.45, 7) is 0.170. The van der Waals surface area contributed by atoms with Gasteiger partial charge < -0.3 is 4.74 Å².